The van der Waals surface area contributed by atoms with Crippen LogP contribution < -0.4 is 5.32 Å². The van der Waals surface area contributed by atoms with Gasteiger partial charge in [-0.2, -0.15) is 0 Å². The molecule has 1 atom stereocenters. The number of aliphatic hydroxyl groups excluding tert-OH is 1. The standard InChI is InChI=1S/C9H19NO/c1-3-9(4-2)6-5-8(7-11)10-9/h8,10-11H,3-7H2,1-2H3. The van der Waals surface area contributed by atoms with E-state index in [1.807, 2.05) is 0 Å². The van der Waals surface area contributed by atoms with Crippen LogP contribution in [-0.2, 0) is 0 Å². The van der Waals surface area contributed by atoms with Gasteiger partial charge >= 0.3 is 0 Å². The molecule has 0 aliphatic carbocycles. The lowest BCUT2D eigenvalue weighted by atomic mass is 9.91. The number of rotatable bonds is 3. The van der Waals surface area contributed by atoms with E-state index in [9.17, 15) is 0 Å². The van der Waals surface area contributed by atoms with E-state index in [2.05, 4.69) is 19.2 Å². The van der Waals surface area contributed by atoms with Crippen LogP contribution in [0.5, 0.6) is 0 Å². The van der Waals surface area contributed by atoms with E-state index in [1.54, 1.807) is 0 Å². The predicted molar refractivity (Wildman–Crippen MR) is 46.6 cm³/mol. The molecule has 2 N–H and O–H groups in total. The third-order valence-electron chi connectivity index (χ3n) is 3.06. The van der Waals surface area contributed by atoms with Crippen LogP contribution in [0.4, 0.5) is 0 Å². The van der Waals surface area contributed by atoms with Gasteiger partial charge in [0.15, 0.2) is 0 Å². The quantitative estimate of drug-likeness (QED) is 0.647. The van der Waals surface area contributed by atoms with Crippen molar-refractivity contribution in [2.45, 2.75) is 51.1 Å². The van der Waals surface area contributed by atoms with E-state index in [-0.39, 0.29) is 0 Å². The molecule has 1 saturated heterocycles. The SMILES string of the molecule is CCC1(CC)CCC(CO)N1. The molecule has 2 heteroatoms. The Hall–Kier alpha value is -0.0800. The lowest BCUT2D eigenvalue weighted by molar-refractivity contribution is 0.234. The first-order chi connectivity index (χ1) is 5.26. The van der Waals surface area contributed by atoms with Crippen molar-refractivity contribution in [3.05, 3.63) is 0 Å². The molecule has 0 aromatic carbocycles. The van der Waals surface area contributed by atoms with Crippen molar-refractivity contribution in [1.82, 2.24) is 5.32 Å². The van der Waals surface area contributed by atoms with Gasteiger partial charge in [0.1, 0.15) is 0 Å². The summed E-state index contributed by atoms with van der Waals surface area (Å²) in [6.07, 6.45) is 4.73. The highest BCUT2D eigenvalue weighted by molar-refractivity contribution is 4.95. The minimum Gasteiger partial charge on any atom is -0.395 e. The maximum absolute atomic E-state index is 8.93. The summed E-state index contributed by atoms with van der Waals surface area (Å²) in [4.78, 5) is 0. The zero-order chi connectivity index (χ0) is 8.32. The van der Waals surface area contributed by atoms with Crippen molar-refractivity contribution in [2.24, 2.45) is 0 Å². The van der Waals surface area contributed by atoms with Crippen molar-refractivity contribution >= 4 is 0 Å². The van der Waals surface area contributed by atoms with Crippen molar-refractivity contribution in [1.29, 1.82) is 0 Å². The summed E-state index contributed by atoms with van der Waals surface area (Å²) in [5.41, 5.74) is 0.341. The summed E-state index contributed by atoms with van der Waals surface area (Å²) in [5.74, 6) is 0. The van der Waals surface area contributed by atoms with Gasteiger partial charge in [0, 0.05) is 11.6 Å². The van der Waals surface area contributed by atoms with Crippen molar-refractivity contribution in [2.75, 3.05) is 6.61 Å². The number of nitrogens with one attached hydrogen (secondary N) is 1. The second-order valence-corrected chi connectivity index (χ2v) is 3.55. The minimum atomic E-state index is 0.293. The third-order valence-corrected chi connectivity index (χ3v) is 3.06. The van der Waals surface area contributed by atoms with Crippen molar-refractivity contribution < 1.29 is 5.11 Å². The van der Waals surface area contributed by atoms with Crippen LogP contribution in [0.25, 0.3) is 0 Å². The number of hydrogen-bond donors (Lipinski definition) is 2. The Labute approximate surface area is 69.0 Å². The molecule has 1 aliphatic rings. The van der Waals surface area contributed by atoms with Crippen molar-refractivity contribution in [3.8, 4) is 0 Å². The molecule has 1 aliphatic heterocycles. The van der Waals surface area contributed by atoms with Crippen LogP contribution in [0.1, 0.15) is 39.5 Å². The molecule has 0 spiro atoms. The zero-order valence-electron chi connectivity index (χ0n) is 7.56. The van der Waals surface area contributed by atoms with Gasteiger partial charge < -0.3 is 10.4 Å². The number of hydrogen-bond acceptors (Lipinski definition) is 2. The highest BCUT2D eigenvalue weighted by Gasteiger charge is 2.34. The fourth-order valence-electron chi connectivity index (χ4n) is 1.97. The summed E-state index contributed by atoms with van der Waals surface area (Å²) in [5, 5.41) is 12.4. The van der Waals surface area contributed by atoms with Crippen LogP contribution in [-0.4, -0.2) is 23.3 Å². The second-order valence-electron chi connectivity index (χ2n) is 3.55. The fraction of sp³-hybridized carbons (Fsp3) is 1.00. The summed E-state index contributed by atoms with van der Waals surface area (Å²) >= 11 is 0. The van der Waals surface area contributed by atoms with E-state index in [1.165, 1.54) is 19.3 Å². The molecule has 0 aromatic heterocycles. The van der Waals surface area contributed by atoms with Gasteiger partial charge in [-0.25, -0.2) is 0 Å². The maximum atomic E-state index is 8.93. The third kappa shape index (κ3) is 1.74. The van der Waals surface area contributed by atoms with E-state index >= 15 is 0 Å². The molecule has 66 valence electrons. The first-order valence-electron chi connectivity index (χ1n) is 4.65. The summed E-state index contributed by atoms with van der Waals surface area (Å²) in [6.45, 7) is 4.73. The van der Waals surface area contributed by atoms with E-state index in [0.29, 0.717) is 18.2 Å². The van der Waals surface area contributed by atoms with Gasteiger partial charge in [-0.05, 0) is 25.7 Å². The zero-order valence-corrected chi connectivity index (χ0v) is 7.56. The molecule has 1 fully saturated rings. The Morgan fingerprint density at radius 3 is 2.36 bits per heavy atom. The molecule has 1 heterocycles. The van der Waals surface area contributed by atoms with Gasteiger partial charge in [0.2, 0.25) is 0 Å². The topological polar surface area (TPSA) is 32.3 Å². The summed E-state index contributed by atoms with van der Waals surface area (Å²) in [7, 11) is 0. The van der Waals surface area contributed by atoms with Gasteiger partial charge in [0.25, 0.3) is 0 Å². The highest BCUT2D eigenvalue weighted by atomic mass is 16.3. The molecule has 0 amide bonds. The first-order valence-corrected chi connectivity index (χ1v) is 4.65. The molecule has 0 radical (unpaired) electrons. The van der Waals surface area contributed by atoms with E-state index in [0.717, 1.165) is 6.42 Å². The van der Waals surface area contributed by atoms with Crippen molar-refractivity contribution in [3.63, 3.8) is 0 Å². The molecule has 0 aromatic rings. The Balaban J connectivity index is 2.48. The first kappa shape index (κ1) is 9.01. The van der Waals surface area contributed by atoms with Crippen LogP contribution in [0.3, 0.4) is 0 Å². The maximum Gasteiger partial charge on any atom is 0.0584 e. The average Bonchev–Trinajstić information content (AvgIpc) is 2.49. The Bertz CT molecular complexity index is 121. The lowest BCUT2D eigenvalue weighted by Gasteiger charge is -2.27. The lowest BCUT2D eigenvalue weighted by Crippen LogP contribution is -2.43. The van der Waals surface area contributed by atoms with E-state index in [4.69, 9.17) is 5.11 Å². The van der Waals surface area contributed by atoms with Crippen LogP contribution in [0.15, 0.2) is 0 Å². The number of aliphatic hydroxyl groups is 1. The normalized spacial score (nSPS) is 29.2. The van der Waals surface area contributed by atoms with E-state index < -0.39 is 0 Å². The minimum absolute atomic E-state index is 0.293. The van der Waals surface area contributed by atoms with Gasteiger partial charge in [-0.1, -0.05) is 13.8 Å². The second kappa shape index (κ2) is 3.55. The van der Waals surface area contributed by atoms with Crippen LogP contribution in [0, 0.1) is 0 Å². The van der Waals surface area contributed by atoms with Gasteiger partial charge in [-0.3, -0.25) is 0 Å². The average molecular weight is 157 g/mol. The molecular weight excluding hydrogens is 138 g/mol. The Kier molecular flexibility index (Phi) is 2.90. The molecule has 2 nitrogen and oxygen atoms in total. The predicted octanol–water partition coefficient (Wildman–Crippen LogP) is 1.29. The molecule has 11 heavy (non-hydrogen) atoms. The summed E-state index contributed by atoms with van der Waals surface area (Å²) in [6, 6.07) is 0.356. The molecular formula is C9H19NO. The Morgan fingerprint density at radius 1 is 1.45 bits per heavy atom. The fourth-order valence-corrected chi connectivity index (χ4v) is 1.97. The molecule has 1 unspecified atom stereocenters. The van der Waals surface area contributed by atoms with Crippen LogP contribution in [0.2, 0.25) is 0 Å². The molecule has 0 saturated carbocycles. The van der Waals surface area contributed by atoms with Crippen LogP contribution >= 0.6 is 0 Å². The Morgan fingerprint density at radius 2 is 2.09 bits per heavy atom. The highest BCUT2D eigenvalue weighted by Crippen LogP contribution is 2.29. The molecule has 1 rings (SSSR count). The van der Waals surface area contributed by atoms with Gasteiger partial charge in [-0.15, -0.1) is 0 Å². The molecule has 0 bridgehead atoms. The largest absolute Gasteiger partial charge is 0.395 e. The van der Waals surface area contributed by atoms with Gasteiger partial charge in [0.05, 0.1) is 6.61 Å². The summed E-state index contributed by atoms with van der Waals surface area (Å²) < 4.78 is 0. The smallest absolute Gasteiger partial charge is 0.0584 e. The monoisotopic (exact) mass is 157 g/mol.